The minimum atomic E-state index is -3.90. The maximum absolute atomic E-state index is 11.5. The van der Waals surface area contributed by atoms with Crippen LogP contribution in [0.15, 0.2) is 47.4 Å². The second-order valence-electron chi connectivity index (χ2n) is 5.36. The third kappa shape index (κ3) is 3.69. The normalized spacial score (nSPS) is 11.1. The number of nitriles is 1. The van der Waals surface area contributed by atoms with Crippen LogP contribution in [0.3, 0.4) is 0 Å². The molecule has 132 valence electrons. The Bertz CT molecular complexity index is 1080. The van der Waals surface area contributed by atoms with E-state index in [9.17, 15) is 8.42 Å². The van der Waals surface area contributed by atoms with E-state index in [2.05, 4.69) is 21.5 Å². The van der Waals surface area contributed by atoms with Crippen molar-refractivity contribution in [1.82, 2.24) is 20.2 Å². The molecule has 3 rings (SSSR count). The van der Waals surface area contributed by atoms with E-state index in [0.29, 0.717) is 23.5 Å². The molecule has 0 atom stereocenters. The van der Waals surface area contributed by atoms with Gasteiger partial charge in [-0.1, -0.05) is 12.1 Å². The monoisotopic (exact) mass is 370 g/mol. The molecule has 26 heavy (non-hydrogen) atoms. The molecule has 3 aromatic rings. The second kappa shape index (κ2) is 6.91. The number of hydrogen-bond acceptors (Lipinski definition) is 7. The average molecular weight is 370 g/mol. The van der Waals surface area contributed by atoms with Crippen LogP contribution >= 0.6 is 0 Å². The van der Waals surface area contributed by atoms with Crippen LogP contribution in [0.25, 0.3) is 11.4 Å². The first-order valence-electron chi connectivity index (χ1n) is 7.39. The summed E-state index contributed by atoms with van der Waals surface area (Å²) in [7, 11) is -2.55. The van der Waals surface area contributed by atoms with Gasteiger partial charge in [-0.05, 0) is 41.1 Å². The molecule has 2 N–H and O–H groups in total. The minimum absolute atomic E-state index is 0.105. The highest BCUT2D eigenvalue weighted by molar-refractivity contribution is 7.89. The van der Waals surface area contributed by atoms with Gasteiger partial charge in [-0.15, -0.1) is 10.2 Å². The van der Waals surface area contributed by atoms with Gasteiger partial charge in [0.2, 0.25) is 15.8 Å². The number of tetrazole rings is 1. The molecule has 0 saturated carbocycles. The molecule has 9 nitrogen and oxygen atoms in total. The fourth-order valence-electron chi connectivity index (χ4n) is 2.32. The van der Waals surface area contributed by atoms with Crippen molar-refractivity contribution in [2.24, 2.45) is 5.14 Å². The SMILES string of the molecule is COc1cc(-c2nnn(Cc3ccc(C#N)cc3)n2)ccc1S(N)(=O)=O. The number of primary sulfonamides is 1. The molecule has 0 spiro atoms. The minimum Gasteiger partial charge on any atom is -0.495 e. The van der Waals surface area contributed by atoms with Gasteiger partial charge in [0.25, 0.3) is 0 Å². The van der Waals surface area contributed by atoms with Crippen LogP contribution < -0.4 is 9.88 Å². The number of hydrogen-bond donors (Lipinski definition) is 1. The summed E-state index contributed by atoms with van der Waals surface area (Å²) >= 11 is 0. The molecule has 0 aliphatic rings. The van der Waals surface area contributed by atoms with Crippen LogP contribution in [-0.2, 0) is 16.6 Å². The third-order valence-corrected chi connectivity index (χ3v) is 4.54. The molecule has 0 radical (unpaired) electrons. The van der Waals surface area contributed by atoms with Gasteiger partial charge in [-0.25, -0.2) is 13.6 Å². The number of ether oxygens (including phenoxy) is 1. The lowest BCUT2D eigenvalue weighted by molar-refractivity contribution is 0.403. The molecule has 1 aromatic heterocycles. The van der Waals surface area contributed by atoms with Crippen molar-refractivity contribution in [3.63, 3.8) is 0 Å². The van der Waals surface area contributed by atoms with Gasteiger partial charge in [0.05, 0.1) is 25.3 Å². The quantitative estimate of drug-likeness (QED) is 0.705. The Balaban J connectivity index is 1.86. The van der Waals surface area contributed by atoms with Gasteiger partial charge in [0, 0.05) is 5.56 Å². The van der Waals surface area contributed by atoms with E-state index in [0.717, 1.165) is 5.56 Å². The molecular weight excluding hydrogens is 356 g/mol. The van der Waals surface area contributed by atoms with E-state index in [1.165, 1.54) is 30.1 Å². The fraction of sp³-hybridized carbons (Fsp3) is 0.125. The van der Waals surface area contributed by atoms with Crippen molar-refractivity contribution in [1.29, 1.82) is 5.26 Å². The standard InChI is InChI=1S/C16H14N6O3S/c1-25-14-8-13(6-7-15(14)26(18,23)24)16-19-21-22(20-16)10-12-4-2-11(9-17)3-5-12/h2-8H,10H2,1H3,(H2,18,23,24). The number of sulfonamides is 1. The van der Waals surface area contributed by atoms with Crippen LogP contribution in [0.2, 0.25) is 0 Å². The lowest BCUT2D eigenvalue weighted by Crippen LogP contribution is -2.13. The van der Waals surface area contributed by atoms with E-state index in [1.54, 1.807) is 12.1 Å². The van der Waals surface area contributed by atoms with Crippen LogP contribution in [0.4, 0.5) is 0 Å². The Morgan fingerprint density at radius 1 is 1.23 bits per heavy atom. The number of nitrogens with two attached hydrogens (primary N) is 1. The summed E-state index contributed by atoms with van der Waals surface area (Å²) in [4.78, 5) is 1.28. The number of benzene rings is 2. The second-order valence-corrected chi connectivity index (χ2v) is 6.89. The smallest absolute Gasteiger partial charge is 0.241 e. The van der Waals surface area contributed by atoms with Gasteiger partial charge in [0.1, 0.15) is 10.6 Å². The van der Waals surface area contributed by atoms with Crippen molar-refractivity contribution in [3.05, 3.63) is 53.6 Å². The Morgan fingerprint density at radius 3 is 2.58 bits per heavy atom. The first kappa shape index (κ1) is 17.5. The molecule has 0 bridgehead atoms. The molecule has 2 aromatic carbocycles. The Labute approximate surface area is 149 Å². The molecule has 0 amide bonds. The Morgan fingerprint density at radius 2 is 1.96 bits per heavy atom. The van der Waals surface area contributed by atoms with E-state index >= 15 is 0 Å². The molecular formula is C16H14N6O3S. The zero-order valence-electron chi connectivity index (χ0n) is 13.7. The highest BCUT2D eigenvalue weighted by atomic mass is 32.2. The van der Waals surface area contributed by atoms with Crippen LogP contribution in [-0.4, -0.2) is 35.7 Å². The van der Waals surface area contributed by atoms with E-state index < -0.39 is 10.0 Å². The summed E-state index contributed by atoms with van der Waals surface area (Å²) in [5, 5.41) is 26.2. The number of methoxy groups -OCH3 is 1. The predicted octanol–water partition coefficient (Wildman–Crippen LogP) is 0.916. The number of aromatic nitrogens is 4. The van der Waals surface area contributed by atoms with Crippen molar-refractivity contribution in [3.8, 4) is 23.2 Å². The maximum atomic E-state index is 11.5. The molecule has 0 fully saturated rings. The van der Waals surface area contributed by atoms with Gasteiger partial charge < -0.3 is 4.74 Å². The third-order valence-electron chi connectivity index (χ3n) is 3.59. The van der Waals surface area contributed by atoms with Crippen LogP contribution in [0, 0.1) is 11.3 Å². The fourth-order valence-corrected chi connectivity index (χ4v) is 3.00. The zero-order chi connectivity index (χ0) is 18.7. The summed E-state index contributed by atoms with van der Waals surface area (Å²) < 4.78 is 28.2. The average Bonchev–Trinajstić information content (AvgIpc) is 3.09. The van der Waals surface area contributed by atoms with Crippen molar-refractivity contribution in [2.45, 2.75) is 11.4 Å². The summed E-state index contributed by atoms with van der Waals surface area (Å²) in [6.45, 7) is 0.380. The Hall–Kier alpha value is -3.29. The summed E-state index contributed by atoms with van der Waals surface area (Å²) in [6, 6.07) is 13.5. The number of nitrogens with zero attached hydrogens (tertiary/aromatic N) is 5. The van der Waals surface area contributed by atoms with E-state index in [4.69, 9.17) is 15.1 Å². The largest absolute Gasteiger partial charge is 0.495 e. The molecule has 0 saturated heterocycles. The molecule has 0 aliphatic heterocycles. The lowest BCUT2D eigenvalue weighted by Gasteiger charge is -2.07. The Kier molecular flexibility index (Phi) is 4.66. The highest BCUT2D eigenvalue weighted by Gasteiger charge is 2.17. The van der Waals surface area contributed by atoms with E-state index in [-0.39, 0.29) is 10.6 Å². The molecule has 0 unspecified atom stereocenters. The topological polar surface area (TPSA) is 137 Å². The first-order chi connectivity index (χ1) is 12.4. The lowest BCUT2D eigenvalue weighted by atomic mass is 10.1. The van der Waals surface area contributed by atoms with E-state index in [1.807, 2.05) is 12.1 Å². The first-order valence-corrected chi connectivity index (χ1v) is 8.93. The van der Waals surface area contributed by atoms with Gasteiger partial charge in [0.15, 0.2) is 0 Å². The summed E-state index contributed by atoms with van der Waals surface area (Å²) in [5.41, 5.74) is 2.03. The van der Waals surface area contributed by atoms with Crippen LogP contribution in [0.5, 0.6) is 5.75 Å². The predicted molar refractivity (Wildman–Crippen MR) is 91.4 cm³/mol. The molecule has 1 heterocycles. The summed E-state index contributed by atoms with van der Waals surface area (Å²) in [6.07, 6.45) is 0. The van der Waals surface area contributed by atoms with Crippen LogP contribution in [0.1, 0.15) is 11.1 Å². The molecule has 0 aliphatic carbocycles. The highest BCUT2D eigenvalue weighted by Crippen LogP contribution is 2.27. The van der Waals surface area contributed by atoms with Gasteiger partial charge in [-0.2, -0.15) is 10.1 Å². The van der Waals surface area contributed by atoms with Gasteiger partial charge in [-0.3, -0.25) is 0 Å². The van der Waals surface area contributed by atoms with Crippen molar-refractivity contribution >= 4 is 10.0 Å². The van der Waals surface area contributed by atoms with Gasteiger partial charge >= 0.3 is 0 Å². The number of rotatable bonds is 5. The van der Waals surface area contributed by atoms with Crippen molar-refractivity contribution in [2.75, 3.05) is 7.11 Å². The summed E-state index contributed by atoms with van der Waals surface area (Å²) in [5.74, 6) is 0.423. The maximum Gasteiger partial charge on any atom is 0.241 e. The molecule has 10 heteroatoms. The van der Waals surface area contributed by atoms with Crippen molar-refractivity contribution < 1.29 is 13.2 Å². The zero-order valence-corrected chi connectivity index (χ0v) is 14.5.